The van der Waals surface area contributed by atoms with E-state index >= 15 is 0 Å². The van der Waals surface area contributed by atoms with Crippen molar-refractivity contribution in [1.29, 1.82) is 0 Å². The highest BCUT2D eigenvalue weighted by molar-refractivity contribution is 7.77. The molecule has 1 atom stereocenters. The molecule has 0 radical (unpaired) electrons. The van der Waals surface area contributed by atoms with E-state index in [4.69, 9.17) is 4.74 Å². The molecule has 0 spiro atoms. The Labute approximate surface area is 197 Å². The van der Waals surface area contributed by atoms with Crippen LogP contribution in [-0.4, -0.2) is 12.0 Å². The Bertz CT molecular complexity index is 1050. The summed E-state index contributed by atoms with van der Waals surface area (Å²) >= 11 is 0. The fourth-order valence-electron chi connectivity index (χ4n) is 3.78. The van der Waals surface area contributed by atoms with Crippen LogP contribution in [0.1, 0.15) is 32.8 Å². The lowest BCUT2D eigenvalue weighted by atomic mass is 9.97. The van der Waals surface area contributed by atoms with Gasteiger partial charge < -0.3 is 4.74 Å². The van der Waals surface area contributed by atoms with Gasteiger partial charge in [0.1, 0.15) is 6.61 Å². The Balaban J connectivity index is 1.92. The lowest BCUT2D eigenvalue weighted by Gasteiger charge is -2.29. The Kier molecular flexibility index (Phi) is 8.82. The number of hydrogen-bond donors (Lipinski definition) is 1. The standard InChI is InChI=1S/C28H32NO3P/c1-4-26(28(30)32-21-23-14-8-5-9-15-23)27(20-22(2)3)29-33(31,24-16-10-6-11-17-24)25-18-12-7-13-19-25/h4-19,22,27H,20-21H2,1-3H3,(H,29,31)/b26-4-. The summed E-state index contributed by atoms with van der Waals surface area (Å²) in [4.78, 5) is 13.1. The van der Waals surface area contributed by atoms with E-state index in [0.717, 1.165) is 5.56 Å². The van der Waals surface area contributed by atoms with Gasteiger partial charge in [-0.15, -0.1) is 0 Å². The first-order chi connectivity index (χ1) is 15.9. The largest absolute Gasteiger partial charge is 0.457 e. The SMILES string of the molecule is C/C=C(\C(=O)OCc1ccccc1)C(CC(C)C)NP(=O)(c1ccccc1)c1ccccc1. The zero-order valence-electron chi connectivity index (χ0n) is 19.5. The molecule has 0 bridgehead atoms. The molecule has 33 heavy (non-hydrogen) atoms. The second-order valence-electron chi connectivity index (χ2n) is 8.40. The number of carbonyl (C=O) groups is 1. The second kappa shape index (κ2) is 11.8. The normalized spacial score (nSPS) is 13.0. The molecule has 0 saturated heterocycles. The van der Waals surface area contributed by atoms with Crippen molar-refractivity contribution in [3.63, 3.8) is 0 Å². The Morgan fingerprint density at radius 3 is 1.82 bits per heavy atom. The van der Waals surface area contributed by atoms with E-state index in [2.05, 4.69) is 18.9 Å². The molecule has 5 heteroatoms. The summed E-state index contributed by atoms with van der Waals surface area (Å²) in [5, 5.41) is 4.82. The van der Waals surface area contributed by atoms with Crippen LogP contribution in [0.25, 0.3) is 0 Å². The van der Waals surface area contributed by atoms with Gasteiger partial charge in [0.2, 0.25) is 7.29 Å². The van der Waals surface area contributed by atoms with Crippen molar-refractivity contribution in [3.8, 4) is 0 Å². The third-order valence-electron chi connectivity index (χ3n) is 5.42. The fraction of sp³-hybridized carbons (Fsp3) is 0.250. The minimum Gasteiger partial charge on any atom is -0.457 e. The van der Waals surface area contributed by atoms with Gasteiger partial charge >= 0.3 is 5.97 Å². The molecule has 1 N–H and O–H groups in total. The lowest BCUT2D eigenvalue weighted by molar-refractivity contribution is -0.140. The van der Waals surface area contributed by atoms with Crippen LogP contribution in [0.3, 0.4) is 0 Å². The Hall–Kier alpha value is -2.94. The lowest BCUT2D eigenvalue weighted by Crippen LogP contribution is -2.39. The number of hydrogen-bond acceptors (Lipinski definition) is 3. The molecule has 4 nitrogen and oxygen atoms in total. The summed E-state index contributed by atoms with van der Waals surface area (Å²) in [6.45, 7) is 6.20. The molecule has 0 heterocycles. The van der Waals surface area contributed by atoms with Gasteiger partial charge in [0, 0.05) is 16.7 Å². The number of nitrogens with one attached hydrogen (secondary N) is 1. The summed E-state index contributed by atoms with van der Waals surface area (Å²) in [5.74, 6) is -0.119. The molecule has 0 aromatic heterocycles. The van der Waals surface area contributed by atoms with Crippen LogP contribution >= 0.6 is 7.29 Å². The van der Waals surface area contributed by atoms with Crippen molar-refractivity contribution in [2.45, 2.75) is 39.8 Å². The van der Waals surface area contributed by atoms with E-state index < -0.39 is 19.3 Å². The molecule has 0 aliphatic carbocycles. The van der Waals surface area contributed by atoms with Crippen molar-refractivity contribution in [2.24, 2.45) is 5.92 Å². The molecule has 172 valence electrons. The predicted octanol–water partition coefficient (Wildman–Crippen LogP) is 5.61. The minimum absolute atomic E-state index is 0.195. The van der Waals surface area contributed by atoms with Crippen molar-refractivity contribution in [2.75, 3.05) is 0 Å². The molecule has 0 aliphatic heterocycles. The van der Waals surface area contributed by atoms with Gasteiger partial charge in [-0.05, 0) is 49.1 Å². The second-order valence-corrected chi connectivity index (χ2v) is 10.9. The molecule has 1 unspecified atom stereocenters. The third-order valence-corrected chi connectivity index (χ3v) is 8.15. The van der Waals surface area contributed by atoms with Crippen LogP contribution < -0.4 is 15.7 Å². The topological polar surface area (TPSA) is 55.4 Å². The number of rotatable bonds is 10. The number of allylic oxidation sites excluding steroid dienone is 1. The fourth-order valence-corrected chi connectivity index (χ4v) is 6.25. The number of benzene rings is 3. The zero-order valence-corrected chi connectivity index (χ0v) is 20.4. The predicted molar refractivity (Wildman–Crippen MR) is 136 cm³/mol. The molecular formula is C28H32NO3P. The van der Waals surface area contributed by atoms with Crippen LogP contribution in [0.15, 0.2) is 103 Å². The summed E-state index contributed by atoms with van der Waals surface area (Å²) in [6.07, 6.45) is 2.41. The third kappa shape index (κ3) is 6.54. The van der Waals surface area contributed by atoms with Crippen LogP contribution in [0.4, 0.5) is 0 Å². The van der Waals surface area contributed by atoms with E-state index in [0.29, 0.717) is 22.6 Å². The van der Waals surface area contributed by atoms with Crippen LogP contribution in [0, 0.1) is 5.92 Å². The average molecular weight is 462 g/mol. The van der Waals surface area contributed by atoms with Crippen molar-refractivity contribution >= 4 is 23.9 Å². The van der Waals surface area contributed by atoms with Gasteiger partial charge in [-0.1, -0.05) is 86.7 Å². The maximum absolute atomic E-state index is 14.5. The van der Waals surface area contributed by atoms with E-state index in [-0.39, 0.29) is 12.5 Å². The van der Waals surface area contributed by atoms with Gasteiger partial charge in [0.15, 0.2) is 0 Å². The molecule has 0 saturated carbocycles. The highest BCUT2D eigenvalue weighted by atomic mass is 31.2. The maximum atomic E-state index is 14.5. The first kappa shape index (κ1) is 24.7. The Morgan fingerprint density at radius 2 is 1.36 bits per heavy atom. The number of ether oxygens (including phenoxy) is 1. The van der Waals surface area contributed by atoms with Crippen LogP contribution in [0.5, 0.6) is 0 Å². The maximum Gasteiger partial charge on any atom is 0.335 e. The first-order valence-corrected chi connectivity index (χ1v) is 13.0. The zero-order chi connectivity index (χ0) is 23.7. The van der Waals surface area contributed by atoms with Gasteiger partial charge in [0.05, 0.1) is 5.57 Å². The Morgan fingerprint density at radius 1 is 0.879 bits per heavy atom. The highest BCUT2D eigenvalue weighted by Crippen LogP contribution is 2.41. The smallest absolute Gasteiger partial charge is 0.335 e. The number of carbonyl (C=O) groups excluding carboxylic acids is 1. The monoisotopic (exact) mass is 461 g/mol. The van der Waals surface area contributed by atoms with Crippen molar-refractivity contribution < 1.29 is 14.1 Å². The molecular weight excluding hydrogens is 429 g/mol. The molecule has 0 amide bonds. The number of esters is 1. The van der Waals surface area contributed by atoms with Crippen LogP contribution in [-0.2, 0) is 20.7 Å². The van der Waals surface area contributed by atoms with E-state index in [1.54, 1.807) is 6.08 Å². The minimum atomic E-state index is -3.22. The van der Waals surface area contributed by atoms with Crippen LogP contribution in [0.2, 0.25) is 0 Å². The summed E-state index contributed by atoms with van der Waals surface area (Å²) < 4.78 is 20.2. The van der Waals surface area contributed by atoms with Crippen molar-refractivity contribution in [1.82, 2.24) is 5.09 Å². The summed E-state index contributed by atoms with van der Waals surface area (Å²) in [5.41, 5.74) is 1.42. The molecule has 0 fully saturated rings. The highest BCUT2D eigenvalue weighted by Gasteiger charge is 2.33. The first-order valence-electron chi connectivity index (χ1n) is 11.3. The van der Waals surface area contributed by atoms with Gasteiger partial charge in [-0.3, -0.25) is 9.65 Å². The van der Waals surface area contributed by atoms with Gasteiger partial charge in [-0.2, -0.15) is 0 Å². The average Bonchev–Trinajstić information content (AvgIpc) is 2.84. The van der Waals surface area contributed by atoms with Gasteiger partial charge in [0.25, 0.3) is 0 Å². The quantitative estimate of drug-likeness (QED) is 0.242. The molecule has 0 aliphatic rings. The summed E-state index contributed by atoms with van der Waals surface area (Å²) in [6, 6.07) is 28.0. The van der Waals surface area contributed by atoms with E-state index in [1.165, 1.54) is 0 Å². The molecule has 3 rings (SSSR count). The van der Waals surface area contributed by atoms with E-state index in [1.807, 2.05) is 97.9 Å². The van der Waals surface area contributed by atoms with E-state index in [9.17, 15) is 9.36 Å². The van der Waals surface area contributed by atoms with Gasteiger partial charge in [-0.25, -0.2) is 4.79 Å². The summed E-state index contributed by atoms with van der Waals surface area (Å²) in [7, 11) is -3.22. The van der Waals surface area contributed by atoms with Crippen molar-refractivity contribution in [3.05, 3.63) is 108 Å². The molecule has 3 aromatic rings. The molecule has 3 aromatic carbocycles.